The fraction of sp³-hybridized carbons (Fsp3) is 0.182. The minimum absolute atomic E-state index is 0.137. The Morgan fingerprint density at radius 2 is 1.86 bits per heavy atom. The third-order valence-corrected chi connectivity index (χ3v) is 2.46. The molecule has 0 radical (unpaired) electrons. The largest absolute Gasteiger partial charge is 0.478 e. The highest BCUT2D eigenvalue weighted by Crippen LogP contribution is 2.29. The van der Waals surface area contributed by atoms with Gasteiger partial charge >= 0.3 is 5.97 Å². The minimum Gasteiger partial charge on any atom is -0.478 e. The first-order valence-electron chi connectivity index (χ1n) is 4.45. The Labute approximate surface area is 81.9 Å². The van der Waals surface area contributed by atoms with Crippen molar-refractivity contribution in [2.45, 2.75) is 0 Å². The maximum Gasteiger partial charge on any atom is 0.335 e. The van der Waals surface area contributed by atoms with Gasteiger partial charge in [0.05, 0.1) is 5.57 Å². The molecule has 2 rings (SSSR count). The number of carbonyl (C=O) groups is 1. The third-order valence-electron chi connectivity index (χ3n) is 2.46. The summed E-state index contributed by atoms with van der Waals surface area (Å²) in [5, 5.41) is 8.80. The first kappa shape index (κ1) is 8.81. The summed E-state index contributed by atoms with van der Waals surface area (Å²) < 4.78 is 0. The number of fused-ring (bicyclic) bond motifs is 1. The first-order valence-corrected chi connectivity index (χ1v) is 4.45. The Hall–Kier alpha value is -1.77. The highest BCUT2D eigenvalue weighted by atomic mass is 16.4. The molecule has 14 heavy (non-hydrogen) atoms. The molecule has 0 aromatic carbocycles. The molecule has 2 atom stereocenters. The second-order valence-electron chi connectivity index (χ2n) is 3.47. The fourth-order valence-corrected chi connectivity index (χ4v) is 1.71. The fourth-order valence-electron chi connectivity index (χ4n) is 1.71. The second kappa shape index (κ2) is 3.18. The molecule has 3 heteroatoms. The van der Waals surface area contributed by atoms with Crippen LogP contribution in [0.2, 0.25) is 0 Å². The molecule has 3 N–H and O–H groups in total. The molecular formula is C11H11NO2. The Bertz CT molecular complexity index is 388. The van der Waals surface area contributed by atoms with E-state index in [1.165, 1.54) is 0 Å². The van der Waals surface area contributed by atoms with Gasteiger partial charge in [0.25, 0.3) is 0 Å². The van der Waals surface area contributed by atoms with Crippen LogP contribution in [-0.4, -0.2) is 11.1 Å². The Morgan fingerprint density at radius 1 is 1.21 bits per heavy atom. The lowest BCUT2D eigenvalue weighted by Gasteiger charge is -2.23. The summed E-state index contributed by atoms with van der Waals surface area (Å²) >= 11 is 0. The van der Waals surface area contributed by atoms with E-state index in [0.717, 1.165) is 5.70 Å². The van der Waals surface area contributed by atoms with Gasteiger partial charge in [-0.15, -0.1) is 0 Å². The molecule has 0 aromatic heterocycles. The predicted molar refractivity (Wildman–Crippen MR) is 53.2 cm³/mol. The zero-order chi connectivity index (χ0) is 10.1. The van der Waals surface area contributed by atoms with Crippen molar-refractivity contribution >= 4 is 5.97 Å². The molecule has 0 amide bonds. The number of carboxylic acid groups (broad SMARTS) is 1. The van der Waals surface area contributed by atoms with Crippen molar-refractivity contribution < 1.29 is 9.90 Å². The molecule has 3 nitrogen and oxygen atoms in total. The van der Waals surface area contributed by atoms with Crippen LogP contribution in [0.25, 0.3) is 0 Å². The van der Waals surface area contributed by atoms with Crippen LogP contribution < -0.4 is 5.73 Å². The van der Waals surface area contributed by atoms with E-state index in [1.807, 2.05) is 24.3 Å². The van der Waals surface area contributed by atoms with Crippen LogP contribution in [0.1, 0.15) is 0 Å². The Balaban J connectivity index is 2.27. The van der Waals surface area contributed by atoms with Gasteiger partial charge < -0.3 is 10.8 Å². The van der Waals surface area contributed by atoms with E-state index < -0.39 is 5.97 Å². The first-order chi connectivity index (χ1) is 6.66. The van der Waals surface area contributed by atoms with Crippen molar-refractivity contribution in [2.24, 2.45) is 17.6 Å². The number of rotatable bonds is 1. The molecule has 2 aliphatic rings. The SMILES string of the molecule is NC1=CC2C=CC(C(=O)O)=CC2C=C1. The van der Waals surface area contributed by atoms with Gasteiger partial charge in [-0.05, 0) is 6.08 Å². The quantitative estimate of drug-likeness (QED) is 0.651. The van der Waals surface area contributed by atoms with Gasteiger partial charge in [0.1, 0.15) is 0 Å². The number of carboxylic acids is 1. The summed E-state index contributed by atoms with van der Waals surface area (Å²) in [6, 6.07) is 0. The van der Waals surface area contributed by atoms with Gasteiger partial charge in [0.2, 0.25) is 0 Å². The smallest absolute Gasteiger partial charge is 0.335 e. The molecule has 0 bridgehead atoms. The minimum atomic E-state index is -0.879. The maximum absolute atomic E-state index is 10.7. The average Bonchev–Trinajstić information content (AvgIpc) is 2.16. The topological polar surface area (TPSA) is 63.3 Å². The number of hydrogen-bond acceptors (Lipinski definition) is 2. The van der Waals surface area contributed by atoms with Crippen molar-refractivity contribution in [1.29, 1.82) is 0 Å². The highest BCUT2D eigenvalue weighted by molar-refractivity contribution is 5.90. The van der Waals surface area contributed by atoms with E-state index in [4.69, 9.17) is 10.8 Å². The summed E-state index contributed by atoms with van der Waals surface area (Å²) in [5.74, 6) is -0.530. The summed E-state index contributed by atoms with van der Waals surface area (Å²) in [7, 11) is 0. The molecule has 0 aliphatic heterocycles. The van der Waals surface area contributed by atoms with Gasteiger partial charge in [-0.3, -0.25) is 0 Å². The van der Waals surface area contributed by atoms with Crippen LogP contribution in [0.3, 0.4) is 0 Å². The van der Waals surface area contributed by atoms with E-state index in [9.17, 15) is 4.79 Å². The third kappa shape index (κ3) is 1.48. The van der Waals surface area contributed by atoms with Crippen LogP contribution in [-0.2, 0) is 4.79 Å². The van der Waals surface area contributed by atoms with Crippen molar-refractivity contribution in [3.8, 4) is 0 Å². The van der Waals surface area contributed by atoms with Crippen LogP contribution >= 0.6 is 0 Å². The average molecular weight is 189 g/mol. The second-order valence-corrected chi connectivity index (χ2v) is 3.47. The molecule has 72 valence electrons. The molecule has 0 heterocycles. The van der Waals surface area contributed by atoms with E-state index >= 15 is 0 Å². The molecular weight excluding hydrogens is 178 g/mol. The number of hydrogen-bond donors (Lipinski definition) is 2. The predicted octanol–water partition coefficient (Wildman–Crippen LogP) is 1.21. The van der Waals surface area contributed by atoms with Crippen molar-refractivity contribution in [3.05, 3.63) is 47.7 Å². The van der Waals surface area contributed by atoms with Crippen molar-refractivity contribution in [2.75, 3.05) is 0 Å². The molecule has 0 spiro atoms. The zero-order valence-electron chi connectivity index (χ0n) is 7.55. The Morgan fingerprint density at radius 3 is 2.57 bits per heavy atom. The van der Waals surface area contributed by atoms with E-state index in [-0.39, 0.29) is 11.8 Å². The summed E-state index contributed by atoms with van der Waals surface area (Å²) in [6.45, 7) is 0. The van der Waals surface area contributed by atoms with Crippen molar-refractivity contribution in [3.63, 3.8) is 0 Å². The van der Waals surface area contributed by atoms with Gasteiger partial charge in [0, 0.05) is 17.5 Å². The summed E-state index contributed by atoms with van der Waals surface area (Å²) in [5.41, 5.74) is 6.73. The van der Waals surface area contributed by atoms with E-state index in [1.54, 1.807) is 12.2 Å². The number of aliphatic carboxylic acids is 1. The summed E-state index contributed by atoms with van der Waals surface area (Å²) in [4.78, 5) is 10.7. The lowest BCUT2D eigenvalue weighted by Crippen LogP contribution is -2.17. The molecule has 0 saturated heterocycles. The molecule has 2 aliphatic carbocycles. The maximum atomic E-state index is 10.7. The van der Waals surface area contributed by atoms with E-state index in [2.05, 4.69) is 0 Å². The van der Waals surface area contributed by atoms with Crippen LogP contribution in [0, 0.1) is 11.8 Å². The Kier molecular flexibility index (Phi) is 2.00. The standard InChI is InChI=1S/C11H11NO2/c12-10-4-3-7-5-9(11(13)14)2-1-8(7)6-10/h1-8H,12H2,(H,13,14). The summed E-state index contributed by atoms with van der Waals surface area (Å²) in [6.07, 6.45) is 11.0. The highest BCUT2D eigenvalue weighted by Gasteiger charge is 2.21. The number of nitrogens with two attached hydrogens (primary N) is 1. The molecule has 0 saturated carbocycles. The number of allylic oxidation sites excluding steroid dienone is 5. The van der Waals surface area contributed by atoms with Gasteiger partial charge in [-0.25, -0.2) is 4.79 Å². The monoisotopic (exact) mass is 189 g/mol. The normalized spacial score (nSPS) is 29.1. The van der Waals surface area contributed by atoms with Gasteiger partial charge in [-0.1, -0.05) is 30.4 Å². The van der Waals surface area contributed by atoms with Crippen LogP contribution in [0.5, 0.6) is 0 Å². The molecule has 0 aromatic rings. The zero-order valence-corrected chi connectivity index (χ0v) is 7.55. The van der Waals surface area contributed by atoms with Crippen molar-refractivity contribution in [1.82, 2.24) is 0 Å². The molecule has 2 unspecified atom stereocenters. The van der Waals surface area contributed by atoms with Crippen LogP contribution in [0.4, 0.5) is 0 Å². The van der Waals surface area contributed by atoms with Gasteiger partial charge in [-0.2, -0.15) is 0 Å². The van der Waals surface area contributed by atoms with Crippen LogP contribution in [0.15, 0.2) is 47.7 Å². The van der Waals surface area contributed by atoms with Gasteiger partial charge in [0.15, 0.2) is 0 Å². The van der Waals surface area contributed by atoms with E-state index in [0.29, 0.717) is 5.57 Å². The lowest BCUT2D eigenvalue weighted by atomic mass is 9.82. The lowest BCUT2D eigenvalue weighted by molar-refractivity contribution is -0.132. The molecule has 0 fully saturated rings.